The molecule has 1 atom stereocenters. The summed E-state index contributed by atoms with van der Waals surface area (Å²) < 4.78 is 0. The molecule has 0 heterocycles. The van der Waals surface area contributed by atoms with Gasteiger partial charge in [-0.2, -0.15) is 0 Å². The third-order valence-electron chi connectivity index (χ3n) is 2.09. The van der Waals surface area contributed by atoms with Crippen LogP contribution in [0, 0.1) is 12.8 Å². The lowest BCUT2D eigenvalue weighted by Crippen LogP contribution is -2.12. The standard InChI is InChI=1S/C11H14O3/c1-7-3-9(6-10(12)4-7)5-8(2)11(13)14/h3-4,6,8,12H,5H2,1-2H3,(H,13,14). The van der Waals surface area contributed by atoms with Gasteiger partial charge in [0.25, 0.3) is 0 Å². The molecule has 1 unspecified atom stereocenters. The van der Waals surface area contributed by atoms with Crippen LogP contribution in [0.3, 0.4) is 0 Å². The fraction of sp³-hybridized carbons (Fsp3) is 0.364. The molecular formula is C11H14O3. The Balaban J connectivity index is 2.81. The van der Waals surface area contributed by atoms with E-state index in [0.29, 0.717) is 6.42 Å². The van der Waals surface area contributed by atoms with Gasteiger partial charge in [0, 0.05) is 0 Å². The highest BCUT2D eigenvalue weighted by molar-refractivity contribution is 5.69. The zero-order valence-electron chi connectivity index (χ0n) is 8.32. The van der Waals surface area contributed by atoms with Gasteiger partial charge in [0.15, 0.2) is 0 Å². The van der Waals surface area contributed by atoms with E-state index in [9.17, 15) is 9.90 Å². The number of carbonyl (C=O) groups is 1. The van der Waals surface area contributed by atoms with E-state index in [4.69, 9.17) is 5.11 Å². The number of hydrogen-bond acceptors (Lipinski definition) is 2. The lowest BCUT2D eigenvalue weighted by Gasteiger charge is -2.07. The summed E-state index contributed by atoms with van der Waals surface area (Å²) in [4.78, 5) is 10.6. The summed E-state index contributed by atoms with van der Waals surface area (Å²) in [5.74, 6) is -1.04. The molecule has 1 aromatic carbocycles. The number of hydrogen-bond donors (Lipinski definition) is 2. The minimum absolute atomic E-state index is 0.192. The SMILES string of the molecule is Cc1cc(O)cc(CC(C)C(=O)O)c1. The highest BCUT2D eigenvalue weighted by atomic mass is 16.4. The molecule has 0 fully saturated rings. The summed E-state index contributed by atoms with van der Waals surface area (Å²) in [6.45, 7) is 3.52. The molecule has 76 valence electrons. The third-order valence-corrected chi connectivity index (χ3v) is 2.09. The Morgan fingerprint density at radius 1 is 1.43 bits per heavy atom. The van der Waals surface area contributed by atoms with Crippen LogP contribution in [0.1, 0.15) is 18.1 Å². The minimum Gasteiger partial charge on any atom is -0.508 e. The van der Waals surface area contributed by atoms with Crippen LogP contribution >= 0.6 is 0 Å². The first-order valence-electron chi connectivity index (χ1n) is 4.51. The summed E-state index contributed by atoms with van der Waals surface area (Å²) in [6, 6.07) is 5.14. The smallest absolute Gasteiger partial charge is 0.306 e. The van der Waals surface area contributed by atoms with Crippen LogP contribution < -0.4 is 0 Å². The predicted molar refractivity (Wildman–Crippen MR) is 53.3 cm³/mol. The molecule has 0 aliphatic rings. The maximum absolute atomic E-state index is 10.6. The van der Waals surface area contributed by atoms with E-state index >= 15 is 0 Å². The lowest BCUT2D eigenvalue weighted by atomic mass is 10.00. The van der Waals surface area contributed by atoms with Crippen molar-refractivity contribution < 1.29 is 15.0 Å². The van der Waals surface area contributed by atoms with E-state index in [1.807, 2.05) is 13.0 Å². The van der Waals surface area contributed by atoms with Crippen molar-refractivity contribution in [2.45, 2.75) is 20.3 Å². The molecule has 0 spiro atoms. The van der Waals surface area contributed by atoms with Gasteiger partial charge in [-0.25, -0.2) is 0 Å². The number of aliphatic carboxylic acids is 1. The largest absolute Gasteiger partial charge is 0.508 e. The molecule has 0 radical (unpaired) electrons. The normalized spacial score (nSPS) is 12.4. The van der Waals surface area contributed by atoms with Crippen molar-refractivity contribution in [1.29, 1.82) is 0 Å². The zero-order chi connectivity index (χ0) is 10.7. The second-order valence-corrected chi connectivity index (χ2v) is 3.62. The number of phenols is 1. The van der Waals surface area contributed by atoms with Crippen molar-refractivity contribution in [3.05, 3.63) is 29.3 Å². The third kappa shape index (κ3) is 2.76. The average molecular weight is 194 g/mol. The molecule has 0 aliphatic heterocycles. The molecule has 0 saturated carbocycles. The highest BCUT2D eigenvalue weighted by Crippen LogP contribution is 2.17. The van der Waals surface area contributed by atoms with Crippen LogP contribution in [0.15, 0.2) is 18.2 Å². The molecule has 2 N–H and O–H groups in total. The van der Waals surface area contributed by atoms with Gasteiger partial charge in [-0.15, -0.1) is 0 Å². The fourth-order valence-electron chi connectivity index (χ4n) is 1.40. The van der Waals surface area contributed by atoms with E-state index in [2.05, 4.69) is 0 Å². The van der Waals surface area contributed by atoms with Gasteiger partial charge in [-0.1, -0.05) is 13.0 Å². The number of aryl methyl sites for hydroxylation is 1. The van der Waals surface area contributed by atoms with Crippen LogP contribution in [-0.2, 0) is 11.2 Å². The Labute approximate surface area is 83.0 Å². The van der Waals surface area contributed by atoms with Crippen LogP contribution in [0.2, 0.25) is 0 Å². The molecule has 0 aromatic heterocycles. The maximum Gasteiger partial charge on any atom is 0.306 e. The average Bonchev–Trinajstić information content (AvgIpc) is 2.01. The Kier molecular flexibility index (Phi) is 3.12. The van der Waals surface area contributed by atoms with Crippen molar-refractivity contribution in [3.63, 3.8) is 0 Å². The Morgan fingerprint density at radius 2 is 2.07 bits per heavy atom. The summed E-state index contributed by atoms with van der Waals surface area (Å²) in [5.41, 5.74) is 1.80. The van der Waals surface area contributed by atoms with Crippen LogP contribution in [-0.4, -0.2) is 16.2 Å². The zero-order valence-corrected chi connectivity index (χ0v) is 8.32. The first kappa shape index (κ1) is 10.6. The van der Waals surface area contributed by atoms with Crippen LogP contribution in [0.25, 0.3) is 0 Å². The summed E-state index contributed by atoms with van der Waals surface area (Å²) >= 11 is 0. The topological polar surface area (TPSA) is 57.5 Å². The van der Waals surface area contributed by atoms with E-state index in [0.717, 1.165) is 11.1 Å². The quantitative estimate of drug-likeness (QED) is 0.773. The number of phenolic OH excluding ortho intramolecular Hbond substituents is 1. The van der Waals surface area contributed by atoms with E-state index < -0.39 is 11.9 Å². The Hall–Kier alpha value is -1.51. The minimum atomic E-state index is -0.814. The first-order valence-corrected chi connectivity index (χ1v) is 4.51. The van der Waals surface area contributed by atoms with E-state index in [1.165, 1.54) is 0 Å². The number of aromatic hydroxyl groups is 1. The van der Waals surface area contributed by atoms with Gasteiger partial charge < -0.3 is 10.2 Å². The number of benzene rings is 1. The highest BCUT2D eigenvalue weighted by Gasteiger charge is 2.11. The number of carboxylic acid groups (broad SMARTS) is 1. The molecular weight excluding hydrogens is 180 g/mol. The van der Waals surface area contributed by atoms with Gasteiger partial charge in [0.1, 0.15) is 5.75 Å². The summed E-state index contributed by atoms with van der Waals surface area (Å²) in [5, 5.41) is 18.0. The van der Waals surface area contributed by atoms with Crippen molar-refractivity contribution in [2.75, 3.05) is 0 Å². The predicted octanol–water partition coefficient (Wildman–Crippen LogP) is 1.96. The van der Waals surface area contributed by atoms with Crippen molar-refractivity contribution in [3.8, 4) is 5.75 Å². The number of rotatable bonds is 3. The van der Waals surface area contributed by atoms with Crippen LogP contribution in [0.5, 0.6) is 5.75 Å². The van der Waals surface area contributed by atoms with Gasteiger partial charge in [-0.3, -0.25) is 4.79 Å². The molecule has 3 nitrogen and oxygen atoms in total. The van der Waals surface area contributed by atoms with Crippen LogP contribution in [0.4, 0.5) is 0 Å². The van der Waals surface area contributed by atoms with Crippen molar-refractivity contribution in [1.82, 2.24) is 0 Å². The molecule has 14 heavy (non-hydrogen) atoms. The van der Waals surface area contributed by atoms with Gasteiger partial charge >= 0.3 is 5.97 Å². The Morgan fingerprint density at radius 3 is 2.57 bits per heavy atom. The summed E-state index contributed by atoms with van der Waals surface area (Å²) in [7, 11) is 0. The van der Waals surface area contributed by atoms with Gasteiger partial charge in [-0.05, 0) is 36.6 Å². The second kappa shape index (κ2) is 4.13. The Bertz CT molecular complexity index is 324. The monoisotopic (exact) mass is 194 g/mol. The fourth-order valence-corrected chi connectivity index (χ4v) is 1.40. The molecule has 0 saturated heterocycles. The molecule has 0 aliphatic carbocycles. The van der Waals surface area contributed by atoms with Crippen molar-refractivity contribution >= 4 is 5.97 Å². The maximum atomic E-state index is 10.6. The van der Waals surface area contributed by atoms with Crippen molar-refractivity contribution in [2.24, 2.45) is 5.92 Å². The second-order valence-electron chi connectivity index (χ2n) is 3.62. The molecule has 1 rings (SSSR count). The molecule has 1 aromatic rings. The van der Waals surface area contributed by atoms with E-state index in [1.54, 1.807) is 19.1 Å². The number of carboxylic acids is 1. The molecule has 0 bridgehead atoms. The summed E-state index contributed by atoms with van der Waals surface area (Å²) in [6.07, 6.45) is 0.449. The molecule has 0 amide bonds. The first-order chi connectivity index (χ1) is 6.49. The van der Waals surface area contributed by atoms with E-state index in [-0.39, 0.29) is 5.75 Å². The molecule has 3 heteroatoms. The van der Waals surface area contributed by atoms with Gasteiger partial charge in [0.05, 0.1) is 5.92 Å². The van der Waals surface area contributed by atoms with Gasteiger partial charge in [0.2, 0.25) is 0 Å². The lowest BCUT2D eigenvalue weighted by molar-refractivity contribution is -0.141.